The van der Waals surface area contributed by atoms with Crippen LogP contribution in [-0.4, -0.2) is 34.1 Å². The molecule has 1 unspecified atom stereocenters. The molecule has 1 aliphatic heterocycles. The number of rotatable bonds is 8. The lowest BCUT2D eigenvalue weighted by Crippen LogP contribution is -2.38. The van der Waals surface area contributed by atoms with Crippen molar-refractivity contribution in [1.29, 1.82) is 10.5 Å². The summed E-state index contributed by atoms with van der Waals surface area (Å²) in [4.78, 5) is 0.00640. The number of sulfonamides is 1. The van der Waals surface area contributed by atoms with Gasteiger partial charge in [-0.25, -0.2) is 8.42 Å². The zero-order chi connectivity index (χ0) is 38.2. The molecule has 0 amide bonds. The number of aryl methyl sites for hydroxylation is 1. The van der Waals surface area contributed by atoms with Crippen LogP contribution in [-0.2, 0) is 20.9 Å². The maximum Gasteiger partial charge on any atom is 0.265 e. The Bertz CT molecular complexity index is 2220. The summed E-state index contributed by atoms with van der Waals surface area (Å²) in [7, 11) is -0.0387. The van der Waals surface area contributed by atoms with E-state index in [0.29, 0.717) is 28.0 Å². The fourth-order valence-corrected chi connectivity index (χ4v) is 8.10. The van der Waals surface area contributed by atoms with Gasteiger partial charge in [0.2, 0.25) is 5.75 Å². The van der Waals surface area contributed by atoms with Gasteiger partial charge < -0.3 is 14.2 Å². The van der Waals surface area contributed by atoms with E-state index in [4.69, 9.17) is 14.2 Å². The number of ether oxygens (including phenoxy) is 3. The first kappa shape index (κ1) is 37.7. The van der Waals surface area contributed by atoms with E-state index in [9.17, 15) is 10.5 Å². The predicted molar refractivity (Wildman–Crippen MR) is 204 cm³/mol. The molecule has 8 nitrogen and oxygen atoms in total. The number of hydrogen-bond acceptors (Lipinski definition) is 7. The summed E-state index contributed by atoms with van der Waals surface area (Å²) in [6.45, 7) is 14.5. The molecule has 4 aromatic carbocycles. The Kier molecular flexibility index (Phi) is 10.3. The molecule has 0 bridgehead atoms. The van der Waals surface area contributed by atoms with Crippen LogP contribution < -0.4 is 14.2 Å². The monoisotopic (exact) mass is 715 g/mol. The van der Waals surface area contributed by atoms with Crippen LogP contribution in [0.1, 0.15) is 81.0 Å². The second-order valence-corrected chi connectivity index (χ2v) is 16.7. The van der Waals surface area contributed by atoms with Crippen LogP contribution in [0.2, 0.25) is 0 Å². The lowest BCUT2D eigenvalue weighted by Gasteiger charge is -2.40. The Morgan fingerprint density at radius 2 is 1.17 bits per heavy atom. The first-order chi connectivity index (χ1) is 24.5. The molecule has 0 spiro atoms. The average Bonchev–Trinajstić information content (AvgIpc) is 3.12. The van der Waals surface area contributed by atoms with Gasteiger partial charge >= 0.3 is 0 Å². The number of nitriles is 2. The maximum absolute atomic E-state index is 15.2. The van der Waals surface area contributed by atoms with Crippen molar-refractivity contribution in [2.45, 2.75) is 70.2 Å². The van der Waals surface area contributed by atoms with E-state index >= 15 is 8.42 Å². The van der Waals surface area contributed by atoms with E-state index in [1.54, 1.807) is 36.4 Å². The van der Waals surface area contributed by atoms with Crippen molar-refractivity contribution in [2.75, 3.05) is 21.3 Å². The van der Waals surface area contributed by atoms with E-state index in [1.165, 1.54) is 25.6 Å². The minimum Gasteiger partial charge on any atom is -0.493 e. The molecule has 0 aliphatic carbocycles. The summed E-state index contributed by atoms with van der Waals surface area (Å²) in [5.41, 5.74) is 4.68. The fourth-order valence-electron chi connectivity index (χ4n) is 6.45. The molecule has 0 aromatic heterocycles. The fraction of sp³-hybridized carbons (Fsp3) is 0.302. The van der Waals surface area contributed by atoms with Gasteiger partial charge in [0.1, 0.15) is 12.1 Å². The van der Waals surface area contributed by atoms with Crippen LogP contribution in [0.5, 0.6) is 17.2 Å². The van der Waals surface area contributed by atoms with Gasteiger partial charge in [0, 0.05) is 11.1 Å². The van der Waals surface area contributed by atoms with Gasteiger partial charge in [-0.3, -0.25) is 4.31 Å². The van der Waals surface area contributed by atoms with Crippen LogP contribution in [0.25, 0.3) is 11.3 Å². The highest BCUT2D eigenvalue weighted by atomic mass is 32.2. The van der Waals surface area contributed by atoms with Gasteiger partial charge in [0.25, 0.3) is 10.0 Å². The van der Waals surface area contributed by atoms with Crippen LogP contribution in [0.15, 0.2) is 101 Å². The molecule has 1 atom stereocenters. The molecule has 9 heteroatoms. The summed E-state index contributed by atoms with van der Waals surface area (Å²) >= 11 is 0. The molecule has 0 saturated heterocycles. The Morgan fingerprint density at radius 1 is 0.673 bits per heavy atom. The second kappa shape index (κ2) is 14.3. The first-order valence-corrected chi connectivity index (χ1v) is 18.4. The van der Waals surface area contributed by atoms with E-state index in [1.807, 2.05) is 55.5 Å². The van der Waals surface area contributed by atoms with Gasteiger partial charge in [0.15, 0.2) is 11.5 Å². The SMILES string of the molecule is COc1cc(C2=C(C#N)C(c3ccc(C(C)(C)C)cc3)=C(C#N)C(c3ccc(C(C)(C)C)cc3)N2S(=O)(=O)c2ccc(C)cc2)cc(OC)c1OC. The number of benzene rings is 4. The van der Waals surface area contributed by atoms with E-state index in [0.717, 1.165) is 16.7 Å². The molecule has 4 aromatic rings. The quantitative estimate of drug-likeness (QED) is 0.179. The topological polar surface area (TPSA) is 113 Å². The van der Waals surface area contributed by atoms with Gasteiger partial charge in [-0.1, -0.05) is 108 Å². The molecular weight excluding hydrogens is 671 g/mol. The van der Waals surface area contributed by atoms with Crippen molar-refractivity contribution in [1.82, 2.24) is 4.31 Å². The molecule has 0 fully saturated rings. The first-order valence-electron chi connectivity index (χ1n) is 16.9. The van der Waals surface area contributed by atoms with Crippen molar-refractivity contribution in [3.05, 3.63) is 129 Å². The van der Waals surface area contributed by atoms with Crippen molar-refractivity contribution in [3.8, 4) is 29.4 Å². The second-order valence-electron chi connectivity index (χ2n) is 14.9. The highest BCUT2D eigenvalue weighted by Crippen LogP contribution is 2.52. The Morgan fingerprint density at radius 3 is 1.60 bits per heavy atom. The molecule has 0 saturated carbocycles. The van der Waals surface area contributed by atoms with Gasteiger partial charge in [-0.05, 0) is 64.3 Å². The third-order valence-corrected chi connectivity index (χ3v) is 11.1. The summed E-state index contributed by atoms with van der Waals surface area (Å²) in [5.74, 6) is 0.843. The highest BCUT2D eigenvalue weighted by molar-refractivity contribution is 7.89. The molecule has 0 radical (unpaired) electrons. The standard InChI is InChI=1S/C43H45N3O5S/c1-27-11-21-33(22-12-27)52(47,48)46-39(29-15-19-32(20-16-29)43(5,6)7)34(25-44)38(28-13-17-31(18-14-28)42(2,3)4)35(26-45)40(46)30-23-36(49-8)41(51-10)37(24-30)50-9/h11-24,39H,1-10H3. The average molecular weight is 716 g/mol. The minimum atomic E-state index is -4.46. The van der Waals surface area contributed by atoms with Crippen molar-refractivity contribution < 1.29 is 22.6 Å². The lowest BCUT2D eigenvalue weighted by molar-refractivity contribution is 0.324. The van der Waals surface area contributed by atoms with Gasteiger partial charge in [0.05, 0.1) is 49.1 Å². The summed E-state index contributed by atoms with van der Waals surface area (Å²) < 4.78 is 48.7. The zero-order valence-electron chi connectivity index (χ0n) is 31.5. The molecule has 0 N–H and O–H groups in total. The van der Waals surface area contributed by atoms with Crippen molar-refractivity contribution in [2.24, 2.45) is 0 Å². The summed E-state index contributed by atoms with van der Waals surface area (Å²) in [6, 6.07) is 28.7. The van der Waals surface area contributed by atoms with Crippen molar-refractivity contribution >= 4 is 21.3 Å². The van der Waals surface area contributed by atoms with E-state index in [-0.39, 0.29) is 44.1 Å². The number of methoxy groups -OCH3 is 3. The van der Waals surface area contributed by atoms with E-state index in [2.05, 4.69) is 53.7 Å². The third-order valence-electron chi connectivity index (χ3n) is 9.36. The van der Waals surface area contributed by atoms with Crippen LogP contribution >= 0.6 is 0 Å². The van der Waals surface area contributed by atoms with E-state index < -0.39 is 16.1 Å². The lowest BCUT2D eigenvalue weighted by atomic mass is 9.80. The number of hydrogen-bond donors (Lipinski definition) is 0. The smallest absolute Gasteiger partial charge is 0.265 e. The molecule has 1 aliphatic rings. The van der Waals surface area contributed by atoms with Crippen LogP contribution in [0.4, 0.5) is 0 Å². The van der Waals surface area contributed by atoms with Crippen LogP contribution in [0.3, 0.4) is 0 Å². The maximum atomic E-state index is 15.2. The summed E-state index contributed by atoms with van der Waals surface area (Å²) in [6.07, 6.45) is 0. The third kappa shape index (κ3) is 6.89. The zero-order valence-corrected chi connectivity index (χ0v) is 32.3. The predicted octanol–water partition coefficient (Wildman–Crippen LogP) is 9.27. The Balaban J connectivity index is 1.99. The molecular formula is C43H45N3O5S. The summed E-state index contributed by atoms with van der Waals surface area (Å²) in [5, 5.41) is 22.2. The normalized spacial score (nSPS) is 15.2. The highest BCUT2D eigenvalue weighted by Gasteiger charge is 2.45. The number of nitrogens with zero attached hydrogens (tertiary/aromatic N) is 3. The van der Waals surface area contributed by atoms with Crippen molar-refractivity contribution in [3.63, 3.8) is 0 Å². The van der Waals surface area contributed by atoms with Gasteiger partial charge in [-0.2, -0.15) is 10.5 Å². The van der Waals surface area contributed by atoms with Crippen LogP contribution in [0, 0.1) is 29.6 Å². The molecule has 52 heavy (non-hydrogen) atoms. The Labute approximate surface area is 308 Å². The largest absolute Gasteiger partial charge is 0.493 e. The van der Waals surface area contributed by atoms with Gasteiger partial charge in [-0.15, -0.1) is 0 Å². The molecule has 1 heterocycles. The molecule has 268 valence electrons. The Hall–Kier alpha value is -5.51. The minimum absolute atomic E-state index is 0.00640. The number of allylic oxidation sites excluding steroid dienone is 2. The molecule has 5 rings (SSSR count).